The Morgan fingerprint density at radius 2 is 2.18 bits per heavy atom. The number of nitriles is 2. The lowest BCUT2D eigenvalue weighted by molar-refractivity contribution is 1.06. The average molecular weight is 146 g/mol. The molecule has 0 amide bonds. The summed E-state index contributed by atoms with van der Waals surface area (Å²) < 4.78 is 0. The third kappa shape index (κ3) is 1.05. The minimum absolute atomic E-state index is 0.0292. The number of imidazole rings is 1. The van der Waals surface area contributed by atoms with E-state index in [1.165, 1.54) is 0 Å². The van der Waals surface area contributed by atoms with E-state index in [-0.39, 0.29) is 17.3 Å². The minimum atomic E-state index is -0.0295. The van der Waals surface area contributed by atoms with Crippen molar-refractivity contribution in [2.75, 3.05) is 0 Å². The zero-order valence-electron chi connectivity index (χ0n) is 5.29. The second-order valence-corrected chi connectivity index (χ2v) is 1.62. The predicted octanol–water partition coefficient (Wildman–Crippen LogP) is 0.816. The molecule has 0 aliphatic rings. The Labute approximate surface area is 61.6 Å². The van der Waals surface area contributed by atoms with Crippen LogP contribution in [-0.4, -0.2) is 9.97 Å². The Morgan fingerprint density at radius 1 is 1.45 bits per heavy atom. The van der Waals surface area contributed by atoms with Gasteiger partial charge in [-0.15, -0.1) is 5.11 Å². The van der Waals surface area contributed by atoms with Crippen molar-refractivity contribution >= 4 is 5.95 Å². The molecule has 1 rings (SSSR count). The maximum absolute atomic E-state index is 8.38. The molecule has 0 aromatic carbocycles. The molecule has 0 spiro atoms. The second-order valence-electron chi connectivity index (χ2n) is 1.62. The number of aromatic nitrogens is 2. The topological polar surface area (TPSA) is 112 Å². The van der Waals surface area contributed by atoms with Gasteiger partial charge in [0.2, 0.25) is 5.95 Å². The molecule has 1 heterocycles. The van der Waals surface area contributed by atoms with Crippen molar-refractivity contribution in [3.63, 3.8) is 0 Å². The average Bonchev–Trinajstić information content (AvgIpc) is 2.46. The van der Waals surface area contributed by atoms with Gasteiger partial charge >= 0.3 is 0 Å². The minimum Gasteiger partial charge on any atom is -0.312 e. The Kier molecular flexibility index (Phi) is 1.62. The highest BCUT2D eigenvalue weighted by Gasteiger charge is 2.07. The third-order valence-electron chi connectivity index (χ3n) is 1.01. The van der Waals surface area contributed by atoms with Crippen LogP contribution in [0.1, 0.15) is 11.4 Å². The third-order valence-corrected chi connectivity index (χ3v) is 1.01. The summed E-state index contributed by atoms with van der Waals surface area (Å²) in [6.07, 6.45) is 0. The van der Waals surface area contributed by atoms with E-state index in [1.54, 1.807) is 12.1 Å². The molecule has 0 saturated heterocycles. The molecule has 6 nitrogen and oxygen atoms in total. The molecule has 0 unspecified atom stereocenters. The fourth-order valence-corrected chi connectivity index (χ4v) is 0.576. The van der Waals surface area contributed by atoms with Gasteiger partial charge in [-0.3, -0.25) is 0 Å². The monoisotopic (exact) mass is 146 g/mol. The lowest BCUT2D eigenvalue weighted by atomic mass is 10.4. The van der Waals surface area contributed by atoms with Gasteiger partial charge in [0.15, 0.2) is 11.4 Å². The van der Waals surface area contributed by atoms with Crippen LogP contribution in [0.5, 0.6) is 0 Å². The van der Waals surface area contributed by atoms with E-state index in [9.17, 15) is 0 Å². The van der Waals surface area contributed by atoms with Gasteiger partial charge in [0, 0.05) is 0 Å². The van der Waals surface area contributed by atoms with E-state index in [1.807, 2.05) is 0 Å². The van der Waals surface area contributed by atoms with Crippen molar-refractivity contribution in [1.29, 1.82) is 16.1 Å². The van der Waals surface area contributed by atoms with Gasteiger partial charge in [-0.2, -0.15) is 15.5 Å². The Balaban J connectivity index is 3.28. The molecule has 6 heteroatoms. The van der Waals surface area contributed by atoms with Gasteiger partial charge in [0.1, 0.15) is 12.1 Å². The van der Waals surface area contributed by atoms with Crippen LogP contribution in [0.2, 0.25) is 0 Å². The SMILES string of the molecule is N#Cc1nc(N=N)[nH]c1C#N. The quantitative estimate of drug-likeness (QED) is 0.571. The number of hydrogen-bond acceptors (Lipinski definition) is 5. The van der Waals surface area contributed by atoms with Crippen LogP contribution in [0, 0.1) is 28.2 Å². The first-order valence-corrected chi connectivity index (χ1v) is 2.59. The standard InChI is InChI=1S/C5H2N6/c6-1-3-4(2-7)10-5(9-3)11-8/h8H,(H,9,10). The van der Waals surface area contributed by atoms with Gasteiger partial charge < -0.3 is 4.98 Å². The number of H-pyrrole nitrogens is 1. The molecule has 0 fully saturated rings. The second kappa shape index (κ2) is 2.58. The molecule has 52 valence electrons. The highest BCUT2D eigenvalue weighted by molar-refractivity contribution is 5.40. The maximum Gasteiger partial charge on any atom is 0.248 e. The molecule has 11 heavy (non-hydrogen) atoms. The van der Waals surface area contributed by atoms with Gasteiger partial charge in [-0.1, -0.05) is 0 Å². The molecule has 0 radical (unpaired) electrons. The fraction of sp³-hybridized carbons (Fsp3) is 0. The molecule has 0 saturated carbocycles. The molecule has 0 bridgehead atoms. The summed E-state index contributed by atoms with van der Waals surface area (Å²) in [6, 6.07) is 3.41. The number of hydrogen-bond donors (Lipinski definition) is 2. The van der Waals surface area contributed by atoms with E-state index >= 15 is 0 Å². The first kappa shape index (κ1) is 6.90. The van der Waals surface area contributed by atoms with Crippen molar-refractivity contribution in [2.24, 2.45) is 5.11 Å². The smallest absolute Gasteiger partial charge is 0.248 e. The summed E-state index contributed by atoms with van der Waals surface area (Å²) in [5.41, 5.74) is 6.53. The van der Waals surface area contributed by atoms with E-state index in [0.29, 0.717) is 0 Å². The molecule has 0 aliphatic carbocycles. The van der Waals surface area contributed by atoms with Gasteiger partial charge in [-0.25, -0.2) is 5.53 Å². The molecule has 1 aromatic rings. The number of nitrogens with one attached hydrogen (secondary N) is 2. The van der Waals surface area contributed by atoms with Crippen molar-refractivity contribution in [3.8, 4) is 12.1 Å². The van der Waals surface area contributed by atoms with Crippen LogP contribution in [0.15, 0.2) is 5.11 Å². The molecule has 2 N–H and O–H groups in total. The fourth-order valence-electron chi connectivity index (χ4n) is 0.576. The molecule has 0 atom stereocenters. The molecular weight excluding hydrogens is 144 g/mol. The van der Waals surface area contributed by atoms with Crippen molar-refractivity contribution in [2.45, 2.75) is 0 Å². The predicted molar refractivity (Wildman–Crippen MR) is 32.8 cm³/mol. The van der Waals surface area contributed by atoms with Crippen LogP contribution >= 0.6 is 0 Å². The van der Waals surface area contributed by atoms with E-state index in [2.05, 4.69) is 15.1 Å². The van der Waals surface area contributed by atoms with E-state index in [4.69, 9.17) is 16.1 Å². The zero-order chi connectivity index (χ0) is 8.27. The van der Waals surface area contributed by atoms with Crippen molar-refractivity contribution in [3.05, 3.63) is 11.4 Å². The lowest BCUT2D eigenvalue weighted by Gasteiger charge is -1.73. The van der Waals surface area contributed by atoms with Crippen LogP contribution in [0.4, 0.5) is 5.95 Å². The summed E-state index contributed by atoms with van der Waals surface area (Å²) >= 11 is 0. The van der Waals surface area contributed by atoms with Crippen LogP contribution < -0.4 is 0 Å². The van der Waals surface area contributed by atoms with E-state index < -0.39 is 0 Å². The maximum atomic E-state index is 8.38. The number of nitrogens with zero attached hydrogens (tertiary/aromatic N) is 4. The van der Waals surface area contributed by atoms with Gasteiger partial charge in [-0.05, 0) is 0 Å². The summed E-state index contributed by atoms with van der Waals surface area (Å²) in [5, 5.41) is 19.7. The lowest BCUT2D eigenvalue weighted by Crippen LogP contribution is -1.77. The van der Waals surface area contributed by atoms with Gasteiger partial charge in [0.25, 0.3) is 0 Å². The summed E-state index contributed by atoms with van der Waals surface area (Å²) in [6.45, 7) is 0. The first-order chi connectivity index (χ1) is 5.31. The summed E-state index contributed by atoms with van der Waals surface area (Å²) in [4.78, 5) is 5.91. The Hall–Kier alpha value is -2.21. The molecule has 1 aromatic heterocycles. The van der Waals surface area contributed by atoms with Crippen molar-refractivity contribution < 1.29 is 0 Å². The number of aromatic amines is 1. The summed E-state index contributed by atoms with van der Waals surface area (Å²) in [5.74, 6) is -0.0295. The van der Waals surface area contributed by atoms with Crippen molar-refractivity contribution in [1.82, 2.24) is 9.97 Å². The van der Waals surface area contributed by atoms with Crippen LogP contribution in [0.3, 0.4) is 0 Å². The first-order valence-electron chi connectivity index (χ1n) is 2.59. The highest BCUT2D eigenvalue weighted by Crippen LogP contribution is 2.09. The van der Waals surface area contributed by atoms with Gasteiger partial charge in [0.05, 0.1) is 0 Å². The van der Waals surface area contributed by atoms with Crippen LogP contribution in [0.25, 0.3) is 0 Å². The molecular formula is C5H2N6. The van der Waals surface area contributed by atoms with E-state index in [0.717, 1.165) is 0 Å². The molecule has 0 aliphatic heterocycles. The zero-order valence-corrected chi connectivity index (χ0v) is 5.29. The largest absolute Gasteiger partial charge is 0.312 e. The Morgan fingerprint density at radius 3 is 2.55 bits per heavy atom. The normalized spacial score (nSPS) is 8.18. The van der Waals surface area contributed by atoms with Crippen LogP contribution in [-0.2, 0) is 0 Å². The summed E-state index contributed by atoms with van der Waals surface area (Å²) in [7, 11) is 0. The highest BCUT2D eigenvalue weighted by atomic mass is 15.1. The Bertz CT molecular complexity index is 330. The number of rotatable bonds is 1.